The van der Waals surface area contributed by atoms with E-state index in [4.69, 9.17) is 13.6 Å². The van der Waals surface area contributed by atoms with Gasteiger partial charge in [0, 0.05) is 5.92 Å². The molecule has 0 saturated heterocycles. The van der Waals surface area contributed by atoms with E-state index in [1.165, 1.54) is 0 Å². The third-order valence-corrected chi connectivity index (χ3v) is 18.0. The van der Waals surface area contributed by atoms with E-state index in [9.17, 15) is 9.90 Å². The largest absolute Gasteiger partial charge is 0.544 e. The number of carbonyl (C=O) groups excluding carboxylic acids is 1. The van der Waals surface area contributed by atoms with Gasteiger partial charge in [0.2, 0.25) is 8.32 Å². The maximum absolute atomic E-state index is 12.8. The molecule has 228 valence electrons. The minimum Gasteiger partial charge on any atom is -0.544 e. The van der Waals surface area contributed by atoms with Gasteiger partial charge in [0.15, 0.2) is 6.10 Å². The molecule has 0 fully saturated rings. The topological polar surface area (TPSA) is 65.0 Å². The Labute approximate surface area is 255 Å². The number of hydrogen-bond acceptors (Lipinski definition) is 5. The molecular formula is C35H50O5Si2. The molecule has 0 aliphatic rings. The number of aliphatic hydroxyl groups is 1. The van der Waals surface area contributed by atoms with Gasteiger partial charge < -0.3 is 18.7 Å². The minimum absolute atomic E-state index is 0.0683. The molecule has 0 aliphatic carbocycles. The fraction of sp³-hybridized carbons (Fsp3) is 0.457. The first kappa shape index (κ1) is 33.8. The molecule has 7 heteroatoms. The Bertz CT molecular complexity index is 1240. The monoisotopic (exact) mass is 606 g/mol. The summed E-state index contributed by atoms with van der Waals surface area (Å²) in [5, 5.41) is 13.3. The van der Waals surface area contributed by atoms with Crippen LogP contribution in [-0.2, 0) is 14.0 Å². The lowest BCUT2D eigenvalue weighted by Crippen LogP contribution is -2.67. The van der Waals surface area contributed by atoms with Crippen molar-refractivity contribution in [3.05, 3.63) is 90.5 Å². The number of rotatable bonds is 11. The molecule has 0 radical (unpaired) electrons. The number of hydrogen-bond donors (Lipinski definition) is 1. The highest BCUT2D eigenvalue weighted by Gasteiger charge is 2.53. The van der Waals surface area contributed by atoms with Gasteiger partial charge in [0.1, 0.15) is 5.75 Å². The van der Waals surface area contributed by atoms with Crippen LogP contribution in [0.1, 0.15) is 67.1 Å². The average Bonchev–Trinajstić information content (AvgIpc) is 2.93. The number of ether oxygens (including phenoxy) is 1. The molecule has 0 amide bonds. The molecule has 3 atom stereocenters. The molecule has 0 saturated carbocycles. The number of esters is 1. The van der Waals surface area contributed by atoms with Crippen molar-refractivity contribution in [3.8, 4) is 5.75 Å². The summed E-state index contributed by atoms with van der Waals surface area (Å²) in [5.41, 5.74) is 0.876. The van der Waals surface area contributed by atoms with Crippen molar-refractivity contribution in [1.29, 1.82) is 0 Å². The lowest BCUT2D eigenvalue weighted by atomic mass is 9.92. The van der Waals surface area contributed by atoms with E-state index >= 15 is 0 Å². The zero-order chi connectivity index (χ0) is 31.3. The van der Waals surface area contributed by atoms with Crippen LogP contribution in [0.4, 0.5) is 0 Å². The van der Waals surface area contributed by atoms with Crippen molar-refractivity contribution < 1.29 is 23.5 Å². The van der Waals surface area contributed by atoms with Crippen LogP contribution >= 0.6 is 0 Å². The average molecular weight is 607 g/mol. The summed E-state index contributed by atoms with van der Waals surface area (Å²) in [4.78, 5) is 12.8. The highest BCUT2D eigenvalue weighted by molar-refractivity contribution is 6.99. The van der Waals surface area contributed by atoms with E-state index in [1.807, 2.05) is 67.6 Å². The Morgan fingerprint density at radius 3 is 1.67 bits per heavy atom. The van der Waals surface area contributed by atoms with Gasteiger partial charge in [-0.15, -0.1) is 0 Å². The van der Waals surface area contributed by atoms with E-state index < -0.39 is 40.7 Å². The van der Waals surface area contributed by atoms with E-state index in [2.05, 4.69) is 78.9 Å². The van der Waals surface area contributed by atoms with E-state index in [0.717, 1.165) is 21.7 Å². The van der Waals surface area contributed by atoms with Crippen LogP contribution in [0.3, 0.4) is 0 Å². The van der Waals surface area contributed by atoms with Gasteiger partial charge in [-0.05, 0) is 58.2 Å². The van der Waals surface area contributed by atoms with E-state index in [-0.39, 0.29) is 16.7 Å². The first-order chi connectivity index (χ1) is 19.5. The van der Waals surface area contributed by atoms with Gasteiger partial charge in [0.05, 0.1) is 12.7 Å². The lowest BCUT2D eigenvalue weighted by molar-refractivity contribution is -0.158. The van der Waals surface area contributed by atoms with Gasteiger partial charge in [-0.3, -0.25) is 0 Å². The Hall–Kier alpha value is -2.72. The Kier molecular flexibility index (Phi) is 10.7. The fourth-order valence-corrected chi connectivity index (χ4v) is 10.9. The molecule has 3 aromatic rings. The van der Waals surface area contributed by atoms with Gasteiger partial charge in [-0.25, -0.2) is 4.79 Å². The van der Waals surface area contributed by atoms with Crippen LogP contribution in [0, 0.1) is 5.92 Å². The SMILES string of the molecule is CCOC(=O)[C@H](O)[C@H](C)[C@H](O[Si](c1ccccc1)(c1ccccc1)C(C)(C)C)c1ccc(O[Si](C)(C)C(C)(C)C)cc1. The molecule has 1 N–H and O–H groups in total. The third kappa shape index (κ3) is 7.25. The van der Waals surface area contributed by atoms with Gasteiger partial charge in [-0.1, -0.05) is 121 Å². The van der Waals surface area contributed by atoms with Gasteiger partial charge >= 0.3 is 5.97 Å². The summed E-state index contributed by atoms with van der Waals surface area (Å²) in [5.74, 6) is -0.412. The molecule has 3 aromatic carbocycles. The number of carbonyl (C=O) groups is 1. The molecule has 5 nitrogen and oxygen atoms in total. The summed E-state index contributed by atoms with van der Waals surface area (Å²) in [6, 6.07) is 28.8. The molecule has 0 spiro atoms. The first-order valence-corrected chi connectivity index (χ1v) is 19.8. The molecule has 0 unspecified atom stereocenters. The third-order valence-electron chi connectivity index (χ3n) is 8.61. The van der Waals surface area contributed by atoms with Crippen molar-refractivity contribution in [2.24, 2.45) is 5.92 Å². The fourth-order valence-electron chi connectivity index (χ4n) is 5.14. The van der Waals surface area contributed by atoms with Crippen molar-refractivity contribution in [1.82, 2.24) is 0 Å². The first-order valence-electron chi connectivity index (χ1n) is 15.0. The predicted molar refractivity (Wildman–Crippen MR) is 178 cm³/mol. The van der Waals surface area contributed by atoms with Crippen LogP contribution < -0.4 is 14.8 Å². The lowest BCUT2D eigenvalue weighted by Gasteiger charge is -2.46. The van der Waals surface area contributed by atoms with Crippen LogP contribution in [0.15, 0.2) is 84.9 Å². The molecule has 0 aliphatic heterocycles. The summed E-state index contributed by atoms with van der Waals surface area (Å²) in [6.07, 6.45) is -1.95. The van der Waals surface area contributed by atoms with Gasteiger partial charge in [0.25, 0.3) is 8.32 Å². The highest BCUT2D eigenvalue weighted by Crippen LogP contribution is 2.43. The summed E-state index contributed by atoms with van der Waals surface area (Å²) in [6.45, 7) is 21.6. The highest BCUT2D eigenvalue weighted by atomic mass is 28.4. The number of aliphatic hydroxyl groups excluding tert-OH is 1. The normalized spacial score (nSPS) is 15.0. The summed E-state index contributed by atoms with van der Waals surface area (Å²) >= 11 is 0. The predicted octanol–water partition coefficient (Wildman–Crippen LogP) is 7.25. The molecular weight excluding hydrogens is 557 g/mol. The zero-order valence-corrected chi connectivity index (χ0v) is 29.1. The van der Waals surface area contributed by atoms with Crippen LogP contribution in [0.5, 0.6) is 5.75 Å². The van der Waals surface area contributed by atoms with Crippen molar-refractivity contribution >= 4 is 33.0 Å². The molecule has 0 bridgehead atoms. The smallest absolute Gasteiger partial charge is 0.335 e. The second-order valence-electron chi connectivity index (χ2n) is 13.7. The second-order valence-corrected chi connectivity index (χ2v) is 22.7. The van der Waals surface area contributed by atoms with Crippen LogP contribution in [0.25, 0.3) is 0 Å². The van der Waals surface area contributed by atoms with Crippen LogP contribution in [-0.4, -0.2) is 40.4 Å². The summed E-state index contributed by atoms with van der Waals surface area (Å²) in [7, 11) is -5.05. The standard InChI is InChI=1S/C35H50O5Si2/c1-11-38-33(37)31(36)26(2)32(27-22-24-28(25-23-27)39-41(9,10)34(3,4)5)40-42(35(6,7)8,29-18-14-12-15-19-29)30-20-16-13-17-21-30/h12-26,31-32,36H,11H2,1-10H3/t26-,31+,32-/m0/s1. The van der Waals surface area contributed by atoms with Crippen molar-refractivity contribution in [2.45, 2.75) is 90.8 Å². The Morgan fingerprint density at radius 1 is 0.786 bits per heavy atom. The Balaban J connectivity index is 2.19. The van der Waals surface area contributed by atoms with Crippen molar-refractivity contribution in [3.63, 3.8) is 0 Å². The number of benzene rings is 3. The van der Waals surface area contributed by atoms with Gasteiger partial charge in [-0.2, -0.15) is 0 Å². The maximum Gasteiger partial charge on any atom is 0.335 e. The Morgan fingerprint density at radius 2 is 1.26 bits per heavy atom. The molecule has 42 heavy (non-hydrogen) atoms. The quantitative estimate of drug-likeness (QED) is 0.184. The van der Waals surface area contributed by atoms with E-state index in [1.54, 1.807) is 6.92 Å². The zero-order valence-electron chi connectivity index (χ0n) is 27.1. The maximum atomic E-state index is 12.8. The molecule has 0 aromatic heterocycles. The minimum atomic E-state index is -3.02. The van der Waals surface area contributed by atoms with E-state index in [0.29, 0.717) is 0 Å². The van der Waals surface area contributed by atoms with Crippen LogP contribution in [0.2, 0.25) is 23.2 Å². The molecule has 0 heterocycles. The second kappa shape index (κ2) is 13.3. The summed E-state index contributed by atoms with van der Waals surface area (Å²) < 4.78 is 19.3. The molecule has 3 rings (SSSR count). The van der Waals surface area contributed by atoms with Crippen molar-refractivity contribution in [2.75, 3.05) is 6.61 Å².